The first-order valence-corrected chi connectivity index (χ1v) is 7.04. The molecule has 1 aliphatic heterocycles. The van der Waals surface area contributed by atoms with E-state index >= 15 is 0 Å². The Hall–Kier alpha value is -2.08. The minimum Gasteiger partial charge on any atom is -0.383 e. The Morgan fingerprint density at radius 1 is 1.38 bits per heavy atom. The monoisotopic (exact) mass is 291 g/mol. The molecule has 0 bridgehead atoms. The van der Waals surface area contributed by atoms with Gasteiger partial charge in [-0.15, -0.1) is 0 Å². The average Bonchev–Trinajstić information content (AvgIpc) is 2.80. The molecule has 0 unspecified atom stereocenters. The third-order valence-corrected chi connectivity index (χ3v) is 3.36. The lowest BCUT2D eigenvalue weighted by Gasteiger charge is -2.17. The number of nitrogens with one attached hydrogen (secondary N) is 2. The molecule has 0 spiro atoms. The van der Waals surface area contributed by atoms with E-state index in [1.807, 2.05) is 30.3 Å². The lowest BCUT2D eigenvalue weighted by Crippen LogP contribution is -2.44. The molecule has 1 saturated heterocycles. The second-order valence-electron chi connectivity index (χ2n) is 5.05. The molecule has 6 heteroatoms. The topological polar surface area (TPSA) is 70.7 Å². The van der Waals surface area contributed by atoms with Crippen molar-refractivity contribution in [3.05, 3.63) is 35.9 Å². The summed E-state index contributed by atoms with van der Waals surface area (Å²) in [7, 11) is 1.58. The second-order valence-corrected chi connectivity index (χ2v) is 5.05. The van der Waals surface area contributed by atoms with Crippen molar-refractivity contribution in [3.63, 3.8) is 0 Å². The van der Waals surface area contributed by atoms with Crippen molar-refractivity contribution in [2.75, 3.05) is 26.8 Å². The summed E-state index contributed by atoms with van der Waals surface area (Å²) in [6.45, 7) is 2.06. The fraction of sp³-hybridized carbons (Fsp3) is 0.467. The number of nitrogens with zero attached hydrogens (tertiary/aromatic N) is 1. The molecule has 3 amide bonds. The predicted octanol–water partition coefficient (Wildman–Crippen LogP) is 0.733. The minimum atomic E-state index is -0.258. The van der Waals surface area contributed by atoms with Gasteiger partial charge in [-0.1, -0.05) is 30.3 Å². The van der Waals surface area contributed by atoms with Gasteiger partial charge in [-0.3, -0.25) is 4.79 Å². The first-order chi connectivity index (χ1) is 10.2. The molecular formula is C15H21N3O3. The molecule has 1 fully saturated rings. The highest BCUT2D eigenvalue weighted by Crippen LogP contribution is 2.14. The summed E-state index contributed by atoms with van der Waals surface area (Å²) >= 11 is 0. The van der Waals surface area contributed by atoms with Crippen molar-refractivity contribution in [2.24, 2.45) is 0 Å². The fourth-order valence-corrected chi connectivity index (χ4v) is 2.33. The van der Waals surface area contributed by atoms with Crippen molar-refractivity contribution in [1.29, 1.82) is 0 Å². The summed E-state index contributed by atoms with van der Waals surface area (Å²) in [6, 6.07) is 9.44. The van der Waals surface area contributed by atoms with Crippen LogP contribution in [0, 0.1) is 0 Å². The van der Waals surface area contributed by atoms with E-state index in [9.17, 15) is 9.59 Å². The van der Waals surface area contributed by atoms with Crippen molar-refractivity contribution < 1.29 is 14.3 Å². The number of carbonyl (C=O) groups is 2. The van der Waals surface area contributed by atoms with Gasteiger partial charge in [0.2, 0.25) is 5.91 Å². The van der Waals surface area contributed by atoms with Gasteiger partial charge in [0.15, 0.2) is 0 Å². The number of benzene rings is 1. The van der Waals surface area contributed by atoms with E-state index in [0.29, 0.717) is 32.7 Å². The van der Waals surface area contributed by atoms with Crippen molar-refractivity contribution in [1.82, 2.24) is 15.5 Å². The molecule has 2 rings (SSSR count). The Morgan fingerprint density at radius 3 is 2.86 bits per heavy atom. The van der Waals surface area contributed by atoms with Gasteiger partial charge in [0.25, 0.3) is 0 Å². The van der Waals surface area contributed by atoms with Crippen LogP contribution >= 0.6 is 0 Å². The molecule has 1 aromatic carbocycles. The molecule has 6 nitrogen and oxygen atoms in total. The first-order valence-electron chi connectivity index (χ1n) is 7.04. The standard InChI is InChI=1S/C15H21N3O3/c1-21-8-7-16-15(20)17-13-9-14(19)18(11-13)10-12-5-3-2-4-6-12/h2-6,13H,7-11H2,1H3,(H2,16,17,20)/t13-/m0/s1. The molecule has 114 valence electrons. The quantitative estimate of drug-likeness (QED) is 0.759. The maximum Gasteiger partial charge on any atom is 0.315 e. The zero-order chi connectivity index (χ0) is 15.1. The second kappa shape index (κ2) is 7.64. The Morgan fingerprint density at radius 2 is 2.14 bits per heavy atom. The number of hydrogen-bond acceptors (Lipinski definition) is 3. The molecule has 0 radical (unpaired) electrons. The number of likely N-dealkylation sites (tertiary alicyclic amines) is 1. The van der Waals surface area contributed by atoms with Crippen LogP contribution in [-0.4, -0.2) is 49.7 Å². The van der Waals surface area contributed by atoms with Gasteiger partial charge in [0.1, 0.15) is 0 Å². The number of ether oxygens (including phenoxy) is 1. The Kier molecular flexibility index (Phi) is 5.57. The lowest BCUT2D eigenvalue weighted by molar-refractivity contribution is -0.128. The van der Waals surface area contributed by atoms with Gasteiger partial charge >= 0.3 is 6.03 Å². The number of rotatable bonds is 6. The normalized spacial score (nSPS) is 17.9. The van der Waals surface area contributed by atoms with E-state index in [2.05, 4.69) is 10.6 Å². The molecule has 0 saturated carbocycles. The molecule has 1 heterocycles. The van der Waals surface area contributed by atoms with E-state index in [4.69, 9.17) is 4.74 Å². The highest BCUT2D eigenvalue weighted by Gasteiger charge is 2.30. The third-order valence-electron chi connectivity index (χ3n) is 3.36. The van der Waals surface area contributed by atoms with Crippen LogP contribution in [0.4, 0.5) is 4.79 Å². The highest BCUT2D eigenvalue weighted by atomic mass is 16.5. The molecule has 0 aliphatic carbocycles. The molecule has 21 heavy (non-hydrogen) atoms. The van der Waals surface area contributed by atoms with Crippen LogP contribution in [0.2, 0.25) is 0 Å². The van der Waals surface area contributed by atoms with E-state index in [-0.39, 0.29) is 18.0 Å². The predicted molar refractivity (Wildman–Crippen MR) is 78.7 cm³/mol. The highest BCUT2D eigenvalue weighted by molar-refractivity contribution is 5.81. The fourth-order valence-electron chi connectivity index (χ4n) is 2.33. The molecule has 1 aliphatic rings. The third kappa shape index (κ3) is 4.75. The van der Waals surface area contributed by atoms with Gasteiger partial charge in [-0.2, -0.15) is 0 Å². The molecular weight excluding hydrogens is 270 g/mol. The van der Waals surface area contributed by atoms with E-state index in [1.54, 1.807) is 12.0 Å². The lowest BCUT2D eigenvalue weighted by atomic mass is 10.2. The SMILES string of the molecule is COCCNC(=O)N[C@H]1CC(=O)N(Cc2ccccc2)C1. The number of urea groups is 1. The number of hydrogen-bond donors (Lipinski definition) is 2. The van der Waals surface area contributed by atoms with Crippen molar-refractivity contribution in [3.8, 4) is 0 Å². The number of amides is 3. The van der Waals surface area contributed by atoms with Crippen LogP contribution in [-0.2, 0) is 16.1 Å². The van der Waals surface area contributed by atoms with Crippen LogP contribution in [0.5, 0.6) is 0 Å². The summed E-state index contributed by atoms with van der Waals surface area (Å²) in [5, 5.41) is 5.50. The summed E-state index contributed by atoms with van der Waals surface area (Å²) in [6.07, 6.45) is 0.352. The van der Waals surface area contributed by atoms with Gasteiger partial charge < -0.3 is 20.3 Å². The largest absolute Gasteiger partial charge is 0.383 e. The zero-order valence-electron chi connectivity index (χ0n) is 12.2. The zero-order valence-corrected chi connectivity index (χ0v) is 12.2. The van der Waals surface area contributed by atoms with Crippen LogP contribution in [0.1, 0.15) is 12.0 Å². The van der Waals surface area contributed by atoms with E-state index in [0.717, 1.165) is 5.56 Å². The van der Waals surface area contributed by atoms with Gasteiger partial charge in [-0.25, -0.2) is 4.79 Å². The summed E-state index contributed by atoms with van der Waals surface area (Å²) in [5.41, 5.74) is 1.09. The first kappa shape index (κ1) is 15.3. The Balaban J connectivity index is 1.78. The number of methoxy groups -OCH3 is 1. The molecule has 1 aromatic rings. The van der Waals surface area contributed by atoms with Crippen LogP contribution in [0.3, 0.4) is 0 Å². The van der Waals surface area contributed by atoms with Crippen LogP contribution < -0.4 is 10.6 Å². The Bertz CT molecular complexity index is 478. The van der Waals surface area contributed by atoms with Crippen molar-refractivity contribution >= 4 is 11.9 Å². The molecule has 2 N–H and O–H groups in total. The summed E-state index contributed by atoms with van der Waals surface area (Å²) < 4.78 is 4.86. The van der Waals surface area contributed by atoms with E-state index < -0.39 is 0 Å². The van der Waals surface area contributed by atoms with Crippen LogP contribution in [0.25, 0.3) is 0 Å². The summed E-state index contributed by atoms with van der Waals surface area (Å²) in [4.78, 5) is 25.4. The Labute approximate surface area is 124 Å². The average molecular weight is 291 g/mol. The number of carbonyl (C=O) groups excluding carboxylic acids is 2. The maximum absolute atomic E-state index is 12.0. The van der Waals surface area contributed by atoms with Crippen LogP contribution in [0.15, 0.2) is 30.3 Å². The van der Waals surface area contributed by atoms with Gasteiger partial charge in [0.05, 0.1) is 12.6 Å². The maximum atomic E-state index is 12.0. The van der Waals surface area contributed by atoms with Gasteiger partial charge in [0, 0.05) is 33.2 Å². The van der Waals surface area contributed by atoms with Gasteiger partial charge in [-0.05, 0) is 5.56 Å². The minimum absolute atomic E-state index is 0.0704. The summed E-state index contributed by atoms with van der Waals surface area (Å²) in [5.74, 6) is 0.0704. The van der Waals surface area contributed by atoms with E-state index in [1.165, 1.54) is 0 Å². The molecule has 1 atom stereocenters. The molecule has 0 aromatic heterocycles. The van der Waals surface area contributed by atoms with Crippen molar-refractivity contribution in [2.45, 2.75) is 19.0 Å². The smallest absolute Gasteiger partial charge is 0.315 e.